The molecule has 0 spiro atoms. The quantitative estimate of drug-likeness (QED) is 0.397. The highest BCUT2D eigenvalue weighted by molar-refractivity contribution is 14.0. The molecule has 24 heavy (non-hydrogen) atoms. The van der Waals surface area contributed by atoms with Crippen molar-refractivity contribution in [2.45, 2.75) is 25.8 Å². The molecular weight excluding hydrogens is 419 g/mol. The molecule has 0 bridgehead atoms. The SMILES string of the molecule is CN=C(NCC(c1ccco1)N1CCCC1)NCC1(C)COC1.I. The van der Waals surface area contributed by atoms with E-state index in [1.54, 1.807) is 6.26 Å². The first-order valence-corrected chi connectivity index (χ1v) is 8.50. The van der Waals surface area contributed by atoms with Gasteiger partial charge in [-0.15, -0.1) is 24.0 Å². The molecule has 0 radical (unpaired) electrons. The molecule has 0 aromatic carbocycles. The normalized spacial score (nSPS) is 21.7. The fourth-order valence-electron chi connectivity index (χ4n) is 3.21. The average molecular weight is 448 g/mol. The van der Waals surface area contributed by atoms with Gasteiger partial charge in [0.05, 0.1) is 25.5 Å². The van der Waals surface area contributed by atoms with Crippen molar-refractivity contribution in [2.75, 3.05) is 46.4 Å². The molecule has 2 aliphatic heterocycles. The highest BCUT2D eigenvalue weighted by atomic mass is 127. The van der Waals surface area contributed by atoms with Crippen molar-refractivity contribution in [3.05, 3.63) is 24.2 Å². The lowest BCUT2D eigenvalue weighted by atomic mass is 9.89. The number of hydrogen-bond donors (Lipinski definition) is 2. The van der Waals surface area contributed by atoms with E-state index in [0.29, 0.717) is 0 Å². The first-order valence-electron chi connectivity index (χ1n) is 8.50. The van der Waals surface area contributed by atoms with Crippen molar-refractivity contribution in [2.24, 2.45) is 10.4 Å². The number of ether oxygens (including phenoxy) is 1. The zero-order valence-electron chi connectivity index (χ0n) is 14.6. The zero-order chi connectivity index (χ0) is 16.1. The Morgan fingerprint density at radius 3 is 2.62 bits per heavy atom. The molecule has 7 heteroatoms. The Bertz CT molecular complexity index is 511. The number of guanidine groups is 1. The fourth-order valence-corrected chi connectivity index (χ4v) is 3.21. The number of aliphatic imine (C=N–C) groups is 1. The number of rotatable bonds is 6. The summed E-state index contributed by atoms with van der Waals surface area (Å²) in [5.41, 5.74) is 0.229. The Hall–Kier alpha value is -0.800. The van der Waals surface area contributed by atoms with Gasteiger partial charge >= 0.3 is 0 Å². The van der Waals surface area contributed by atoms with E-state index in [0.717, 1.165) is 51.1 Å². The van der Waals surface area contributed by atoms with Crippen LogP contribution in [0.2, 0.25) is 0 Å². The van der Waals surface area contributed by atoms with Gasteiger partial charge in [0, 0.05) is 25.6 Å². The molecule has 0 saturated carbocycles. The molecular formula is C17H29IN4O2. The summed E-state index contributed by atoms with van der Waals surface area (Å²) in [7, 11) is 1.81. The monoisotopic (exact) mass is 448 g/mol. The third-order valence-electron chi connectivity index (χ3n) is 4.72. The van der Waals surface area contributed by atoms with E-state index < -0.39 is 0 Å². The lowest BCUT2D eigenvalue weighted by molar-refractivity contribution is -0.0971. The molecule has 1 unspecified atom stereocenters. The first-order chi connectivity index (χ1) is 11.2. The second-order valence-electron chi connectivity index (χ2n) is 6.88. The van der Waals surface area contributed by atoms with Crippen LogP contribution in [0.3, 0.4) is 0 Å². The molecule has 1 atom stereocenters. The molecule has 6 nitrogen and oxygen atoms in total. The maximum atomic E-state index is 5.66. The summed E-state index contributed by atoms with van der Waals surface area (Å²) in [6.07, 6.45) is 4.29. The van der Waals surface area contributed by atoms with E-state index in [1.807, 2.05) is 13.1 Å². The van der Waals surface area contributed by atoms with Gasteiger partial charge in [-0.25, -0.2) is 0 Å². The molecule has 3 rings (SSSR count). The molecule has 1 aromatic rings. The van der Waals surface area contributed by atoms with Crippen LogP contribution in [0.15, 0.2) is 27.8 Å². The van der Waals surface area contributed by atoms with Gasteiger partial charge in [0.25, 0.3) is 0 Å². The second-order valence-corrected chi connectivity index (χ2v) is 6.88. The average Bonchev–Trinajstić information content (AvgIpc) is 3.22. The summed E-state index contributed by atoms with van der Waals surface area (Å²) in [6, 6.07) is 4.28. The van der Waals surface area contributed by atoms with E-state index in [9.17, 15) is 0 Å². The minimum atomic E-state index is 0. The standard InChI is InChI=1S/C17H28N4O2.HI/c1-17(12-22-13-17)11-20-16(18-2)19-10-14(15-6-5-9-23-15)21-7-3-4-8-21;/h5-6,9,14H,3-4,7-8,10-13H2,1-2H3,(H2,18,19,20);1H. The summed E-state index contributed by atoms with van der Waals surface area (Å²) in [5, 5.41) is 6.86. The molecule has 2 aliphatic rings. The fraction of sp³-hybridized carbons (Fsp3) is 0.706. The lowest BCUT2D eigenvalue weighted by Crippen LogP contribution is -2.51. The maximum absolute atomic E-state index is 5.66. The van der Waals surface area contributed by atoms with Gasteiger partial charge in [-0.3, -0.25) is 9.89 Å². The van der Waals surface area contributed by atoms with Gasteiger partial charge in [0.15, 0.2) is 5.96 Å². The highest BCUT2D eigenvalue weighted by Crippen LogP contribution is 2.26. The lowest BCUT2D eigenvalue weighted by Gasteiger charge is -2.38. The summed E-state index contributed by atoms with van der Waals surface area (Å²) in [4.78, 5) is 6.82. The number of halogens is 1. The number of furan rings is 1. The van der Waals surface area contributed by atoms with Crippen LogP contribution < -0.4 is 10.6 Å². The molecule has 0 amide bonds. The smallest absolute Gasteiger partial charge is 0.191 e. The Morgan fingerprint density at radius 1 is 1.33 bits per heavy atom. The topological polar surface area (TPSA) is 62.0 Å². The van der Waals surface area contributed by atoms with Crippen LogP contribution in [0, 0.1) is 5.41 Å². The number of likely N-dealkylation sites (tertiary alicyclic amines) is 1. The van der Waals surface area contributed by atoms with Gasteiger partial charge in [-0.2, -0.15) is 0 Å². The number of hydrogen-bond acceptors (Lipinski definition) is 4. The minimum Gasteiger partial charge on any atom is -0.468 e. The van der Waals surface area contributed by atoms with Crippen LogP contribution in [0.25, 0.3) is 0 Å². The van der Waals surface area contributed by atoms with Crippen LogP contribution >= 0.6 is 24.0 Å². The summed E-state index contributed by atoms with van der Waals surface area (Å²) in [6.45, 7) is 7.80. The molecule has 136 valence electrons. The van der Waals surface area contributed by atoms with E-state index >= 15 is 0 Å². The van der Waals surface area contributed by atoms with Crippen LogP contribution in [0.1, 0.15) is 31.6 Å². The Morgan fingerprint density at radius 2 is 2.08 bits per heavy atom. The highest BCUT2D eigenvalue weighted by Gasteiger charge is 2.33. The van der Waals surface area contributed by atoms with Crippen molar-refractivity contribution < 1.29 is 9.15 Å². The number of nitrogens with one attached hydrogen (secondary N) is 2. The van der Waals surface area contributed by atoms with Crippen molar-refractivity contribution >= 4 is 29.9 Å². The second kappa shape index (κ2) is 9.05. The van der Waals surface area contributed by atoms with E-state index in [4.69, 9.17) is 9.15 Å². The molecule has 1 aromatic heterocycles. The predicted octanol–water partition coefficient (Wildman–Crippen LogP) is 2.24. The third-order valence-corrected chi connectivity index (χ3v) is 4.72. The summed E-state index contributed by atoms with van der Waals surface area (Å²) in [5.74, 6) is 1.86. The summed E-state index contributed by atoms with van der Waals surface area (Å²) < 4.78 is 11.0. The van der Waals surface area contributed by atoms with Gasteiger partial charge in [-0.1, -0.05) is 6.92 Å². The van der Waals surface area contributed by atoms with Crippen molar-refractivity contribution in [1.29, 1.82) is 0 Å². The van der Waals surface area contributed by atoms with E-state index in [-0.39, 0.29) is 35.4 Å². The van der Waals surface area contributed by atoms with Crippen LogP contribution in [-0.4, -0.2) is 57.3 Å². The van der Waals surface area contributed by atoms with E-state index in [2.05, 4.69) is 33.5 Å². The van der Waals surface area contributed by atoms with Crippen molar-refractivity contribution in [3.63, 3.8) is 0 Å². The maximum Gasteiger partial charge on any atom is 0.191 e. The van der Waals surface area contributed by atoms with Gasteiger partial charge in [-0.05, 0) is 38.1 Å². The van der Waals surface area contributed by atoms with Gasteiger partial charge < -0.3 is 19.8 Å². The molecule has 0 aliphatic carbocycles. The van der Waals surface area contributed by atoms with Gasteiger partial charge in [0.2, 0.25) is 0 Å². The van der Waals surface area contributed by atoms with Crippen LogP contribution in [-0.2, 0) is 4.74 Å². The minimum absolute atomic E-state index is 0. The number of nitrogens with zero attached hydrogens (tertiary/aromatic N) is 2. The molecule has 3 heterocycles. The molecule has 2 saturated heterocycles. The van der Waals surface area contributed by atoms with Crippen LogP contribution in [0.5, 0.6) is 0 Å². The van der Waals surface area contributed by atoms with Gasteiger partial charge in [0.1, 0.15) is 5.76 Å². The molecule has 2 fully saturated rings. The Kier molecular flexibility index (Phi) is 7.36. The zero-order valence-corrected chi connectivity index (χ0v) is 16.9. The van der Waals surface area contributed by atoms with Crippen LogP contribution in [0.4, 0.5) is 0 Å². The predicted molar refractivity (Wildman–Crippen MR) is 106 cm³/mol. The van der Waals surface area contributed by atoms with E-state index in [1.165, 1.54) is 12.8 Å². The largest absolute Gasteiger partial charge is 0.468 e. The summed E-state index contributed by atoms with van der Waals surface area (Å²) >= 11 is 0. The first kappa shape index (κ1) is 19.5. The Labute approximate surface area is 161 Å². The molecule has 2 N–H and O–H groups in total. The van der Waals surface area contributed by atoms with Crippen molar-refractivity contribution in [1.82, 2.24) is 15.5 Å². The van der Waals surface area contributed by atoms with Crippen molar-refractivity contribution in [3.8, 4) is 0 Å². The third kappa shape index (κ3) is 4.86. The Balaban J connectivity index is 0.00000208.